The van der Waals surface area contributed by atoms with Crippen molar-refractivity contribution in [3.8, 4) is 0 Å². The molecular weight excluding hydrogens is 240 g/mol. The van der Waals surface area contributed by atoms with Crippen LogP contribution in [-0.4, -0.2) is 29.4 Å². The van der Waals surface area contributed by atoms with Gasteiger partial charge in [0.25, 0.3) is 0 Å². The summed E-state index contributed by atoms with van der Waals surface area (Å²) in [4.78, 5) is 13.3. The molecule has 0 saturated carbocycles. The molecule has 4 nitrogen and oxygen atoms in total. The fourth-order valence-corrected chi connectivity index (χ4v) is 2.56. The molecule has 0 atom stereocenters. The maximum atomic E-state index is 10.9. The van der Waals surface area contributed by atoms with Gasteiger partial charge in [-0.2, -0.15) is 0 Å². The molecule has 0 saturated heterocycles. The Balaban J connectivity index is 1.70. The van der Waals surface area contributed by atoms with Gasteiger partial charge in [0.2, 0.25) is 0 Å². The van der Waals surface area contributed by atoms with Gasteiger partial charge in [-0.05, 0) is 12.0 Å². The Morgan fingerprint density at radius 1 is 1.21 bits per heavy atom. The van der Waals surface area contributed by atoms with Gasteiger partial charge in [-0.25, -0.2) is 0 Å². The number of aldehydes is 1. The van der Waals surface area contributed by atoms with E-state index >= 15 is 0 Å². The van der Waals surface area contributed by atoms with Crippen LogP contribution in [0.4, 0.5) is 0 Å². The van der Waals surface area contributed by atoms with Crippen LogP contribution in [0.1, 0.15) is 27.4 Å². The summed E-state index contributed by atoms with van der Waals surface area (Å²) in [7, 11) is 0. The van der Waals surface area contributed by atoms with Crippen LogP contribution < -0.4 is 0 Å². The van der Waals surface area contributed by atoms with Crippen molar-refractivity contribution >= 4 is 6.29 Å². The summed E-state index contributed by atoms with van der Waals surface area (Å²) in [6, 6.07) is 10.4. The van der Waals surface area contributed by atoms with Crippen molar-refractivity contribution in [2.45, 2.75) is 19.4 Å². The van der Waals surface area contributed by atoms with Gasteiger partial charge in [0, 0.05) is 31.6 Å². The van der Waals surface area contributed by atoms with Crippen molar-refractivity contribution in [1.82, 2.24) is 10.1 Å². The van der Waals surface area contributed by atoms with E-state index in [2.05, 4.69) is 34.3 Å². The number of fused-ring (bicyclic) bond motifs is 1. The molecule has 1 aromatic carbocycles. The minimum absolute atomic E-state index is 0.469. The smallest absolute Gasteiger partial charge is 0.172 e. The summed E-state index contributed by atoms with van der Waals surface area (Å²) in [5.74, 6) is 0.873. The lowest BCUT2D eigenvalue weighted by Crippen LogP contribution is -2.26. The fourth-order valence-electron chi connectivity index (χ4n) is 2.56. The molecule has 0 aliphatic carbocycles. The van der Waals surface area contributed by atoms with E-state index in [1.807, 2.05) is 6.07 Å². The monoisotopic (exact) mass is 256 g/mol. The Hall–Kier alpha value is -1.94. The zero-order valence-corrected chi connectivity index (χ0v) is 10.7. The molecule has 0 spiro atoms. The number of hydrogen-bond acceptors (Lipinski definition) is 4. The summed E-state index contributed by atoms with van der Waals surface area (Å²) < 4.78 is 5.25. The van der Waals surface area contributed by atoms with Gasteiger partial charge in [0.1, 0.15) is 11.5 Å². The van der Waals surface area contributed by atoms with E-state index < -0.39 is 0 Å². The van der Waals surface area contributed by atoms with E-state index in [1.165, 1.54) is 5.56 Å². The molecule has 4 heteroatoms. The van der Waals surface area contributed by atoms with Crippen LogP contribution in [0, 0.1) is 0 Å². The summed E-state index contributed by atoms with van der Waals surface area (Å²) in [5, 5.41) is 3.81. The van der Waals surface area contributed by atoms with Gasteiger partial charge < -0.3 is 4.52 Å². The first-order valence-corrected chi connectivity index (χ1v) is 6.55. The maximum Gasteiger partial charge on any atom is 0.172 e. The van der Waals surface area contributed by atoms with E-state index in [0.717, 1.165) is 50.1 Å². The lowest BCUT2D eigenvalue weighted by Gasteiger charge is -2.19. The Bertz CT molecular complexity index is 563. The Morgan fingerprint density at radius 3 is 2.79 bits per heavy atom. The SMILES string of the molecule is O=Cc1noc2c1CCN(Cc1ccccc1)CC2. The van der Waals surface area contributed by atoms with Gasteiger partial charge in [-0.15, -0.1) is 0 Å². The predicted octanol–water partition coefficient (Wildman–Crippen LogP) is 2.09. The highest BCUT2D eigenvalue weighted by molar-refractivity contribution is 5.74. The lowest BCUT2D eigenvalue weighted by atomic mass is 10.1. The molecule has 3 rings (SSSR count). The molecule has 1 aliphatic heterocycles. The van der Waals surface area contributed by atoms with Crippen LogP contribution in [0.25, 0.3) is 0 Å². The van der Waals surface area contributed by atoms with E-state index in [-0.39, 0.29) is 0 Å². The maximum absolute atomic E-state index is 10.9. The normalized spacial score (nSPS) is 15.8. The van der Waals surface area contributed by atoms with Gasteiger partial charge in [0.05, 0.1) is 0 Å². The summed E-state index contributed by atoms with van der Waals surface area (Å²) >= 11 is 0. The second-order valence-corrected chi connectivity index (χ2v) is 4.85. The molecule has 0 N–H and O–H groups in total. The number of aromatic nitrogens is 1. The van der Waals surface area contributed by atoms with Crippen LogP contribution >= 0.6 is 0 Å². The number of nitrogens with zero attached hydrogens (tertiary/aromatic N) is 2. The van der Waals surface area contributed by atoms with Gasteiger partial charge in [-0.1, -0.05) is 35.5 Å². The highest BCUT2D eigenvalue weighted by Crippen LogP contribution is 2.19. The molecule has 1 aliphatic rings. The van der Waals surface area contributed by atoms with Crippen molar-refractivity contribution in [2.75, 3.05) is 13.1 Å². The first-order valence-electron chi connectivity index (χ1n) is 6.55. The van der Waals surface area contributed by atoms with Crippen LogP contribution in [-0.2, 0) is 19.4 Å². The summed E-state index contributed by atoms with van der Waals surface area (Å²) in [6.45, 7) is 2.81. The lowest BCUT2D eigenvalue weighted by molar-refractivity contribution is 0.111. The highest BCUT2D eigenvalue weighted by atomic mass is 16.5. The fraction of sp³-hybridized carbons (Fsp3) is 0.333. The highest BCUT2D eigenvalue weighted by Gasteiger charge is 2.21. The molecular formula is C15H16N2O2. The first-order chi connectivity index (χ1) is 9.36. The molecule has 0 amide bonds. The number of rotatable bonds is 3. The molecule has 0 fully saturated rings. The molecule has 2 heterocycles. The second-order valence-electron chi connectivity index (χ2n) is 4.85. The summed E-state index contributed by atoms with van der Waals surface area (Å²) in [6.07, 6.45) is 2.44. The average Bonchev–Trinajstić information content (AvgIpc) is 2.75. The van der Waals surface area contributed by atoms with Crippen molar-refractivity contribution in [2.24, 2.45) is 0 Å². The van der Waals surface area contributed by atoms with Crippen LogP contribution in [0.15, 0.2) is 34.9 Å². The van der Waals surface area contributed by atoms with Gasteiger partial charge >= 0.3 is 0 Å². The molecule has 19 heavy (non-hydrogen) atoms. The minimum Gasteiger partial charge on any atom is -0.360 e. The molecule has 2 aromatic rings. The number of carbonyl (C=O) groups is 1. The Kier molecular flexibility index (Phi) is 3.42. The second kappa shape index (κ2) is 5.36. The zero-order valence-electron chi connectivity index (χ0n) is 10.7. The molecule has 98 valence electrons. The third-order valence-electron chi connectivity index (χ3n) is 3.59. The molecule has 0 bridgehead atoms. The number of benzene rings is 1. The Labute approximate surface area is 112 Å². The predicted molar refractivity (Wildman–Crippen MR) is 71.0 cm³/mol. The summed E-state index contributed by atoms with van der Waals surface area (Å²) in [5.41, 5.74) is 2.77. The van der Waals surface area contributed by atoms with E-state index in [4.69, 9.17) is 4.52 Å². The van der Waals surface area contributed by atoms with Crippen LogP contribution in [0.5, 0.6) is 0 Å². The average molecular weight is 256 g/mol. The topological polar surface area (TPSA) is 46.3 Å². The van der Waals surface area contributed by atoms with Gasteiger partial charge in [-0.3, -0.25) is 9.69 Å². The minimum atomic E-state index is 0.469. The molecule has 0 unspecified atom stereocenters. The van der Waals surface area contributed by atoms with E-state index in [0.29, 0.717) is 5.69 Å². The number of hydrogen-bond donors (Lipinski definition) is 0. The van der Waals surface area contributed by atoms with Crippen LogP contribution in [0.3, 0.4) is 0 Å². The molecule has 0 radical (unpaired) electrons. The third kappa shape index (κ3) is 2.58. The van der Waals surface area contributed by atoms with Crippen molar-refractivity contribution in [3.63, 3.8) is 0 Å². The largest absolute Gasteiger partial charge is 0.360 e. The third-order valence-corrected chi connectivity index (χ3v) is 3.59. The molecule has 1 aromatic heterocycles. The van der Waals surface area contributed by atoms with E-state index in [9.17, 15) is 4.79 Å². The van der Waals surface area contributed by atoms with Crippen LogP contribution in [0.2, 0.25) is 0 Å². The first kappa shape index (κ1) is 12.1. The number of carbonyl (C=O) groups excluding carboxylic acids is 1. The standard InChI is InChI=1S/C15H16N2O2/c18-11-14-13-6-8-17(9-7-15(13)19-16-14)10-12-4-2-1-3-5-12/h1-5,11H,6-10H2. The van der Waals surface area contributed by atoms with Crippen molar-refractivity contribution in [3.05, 3.63) is 52.9 Å². The Morgan fingerprint density at radius 2 is 2.00 bits per heavy atom. The zero-order chi connectivity index (χ0) is 13.1. The quantitative estimate of drug-likeness (QED) is 0.789. The van der Waals surface area contributed by atoms with Gasteiger partial charge in [0.15, 0.2) is 6.29 Å². The van der Waals surface area contributed by atoms with Crippen molar-refractivity contribution < 1.29 is 9.32 Å². The van der Waals surface area contributed by atoms with Crippen molar-refractivity contribution in [1.29, 1.82) is 0 Å². The van der Waals surface area contributed by atoms with E-state index in [1.54, 1.807) is 0 Å².